The molecule has 2 amide bonds. The highest BCUT2D eigenvalue weighted by molar-refractivity contribution is 7.91. The SMILES string of the molecule is CC(C)CN(CCCNC(=O)c1ccc2c(c1)N(Cc1ccc(Cl)cc1)C(=O)c1ccccc1S2(=O)=O)CC(C)C. The Morgan fingerprint density at radius 1 is 0.927 bits per heavy atom. The van der Waals surface area contributed by atoms with E-state index >= 15 is 0 Å². The van der Waals surface area contributed by atoms with E-state index in [-0.39, 0.29) is 33.5 Å². The number of rotatable bonds is 11. The molecule has 0 atom stereocenters. The van der Waals surface area contributed by atoms with Crippen molar-refractivity contribution in [1.29, 1.82) is 0 Å². The summed E-state index contributed by atoms with van der Waals surface area (Å²) in [5, 5.41) is 3.53. The summed E-state index contributed by atoms with van der Waals surface area (Å²) in [6.45, 7) is 12.3. The number of amides is 2. The second-order valence-electron chi connectivity index (χ2n) is 11.4. The highest BCUT2D eigenvalue weighted by atomic mass is 35.5. The Kier molecular flexibility index (Phi) is 9.89. The van der Waals surface area contributed by atoms with Gasteiger partial charge in [0.25, 0.3) is 11.8 Å². The molecule has 4 rings (SSSR count). The van der Waals surface area contributed by atoms with E-state index in [0.717, 1.165) is 31.6 Å². The van der Waals surface area contributed by atoms with E-state index in [4.69, 9.17) is 11.6 Å². The fraction of sp³-hybridized carbons (Fsp3) is 0.375. The molecule has 1 heterocycles. The lowest BCUT2D eigenvalue weighted by atomic mass is 10.1. The molecule has 0 aromatic heterocycles. The second kappa shape index (κ2) is 13.2. The van der Waals surface area contributed by atoms with Crippen LogP contribution in [0.3, 0.4) is 0 Å². The van der Waals surface area contributed by atoms with Gasteiger partial charge in [-0.3, -0.25) is 9.59 Å². The van der Waals surface area contributed by atoms with E-state index in [0.29, 0.717) is 29.0 Å². The van der Waals surface area contributed by atoms with E-state index in [1.165, 1.54) is 35.2 Å². The van der Waals surface area contributed by atoms with Crippen molar-refractivity contribution in [2.24, 2.45) is 11.8 Å². The van der Waals surface area contributed by atoms with E-state index < -0.39 is 15.7 Å². The predicted octanol–water partition coefficient (Wildman–Crippen LogP) is 6.07. The first-order chi connectivity index (χ1) is 19.5. The molecule has 41 heavy (non-hydrogen) atoms. The van der Waals surface area contributed by atoms with E-state index in [1.807, 2.05) is 0 Å². The molecule has 3 aromatic rings. The summed E-state index contributed by atoms with van der Waals surface area (Å²) in [5.74, 6) is 0.351. The molecular formula is C32H38ClN3O4S. The lowest BCUT2D eigenvalue weighted by Crippen LogP contribution is -2.34. The maximum Gasteiger partial charge on any atom is 0.259 e. The van der Waals surface area contributed by atoms with Crippen LogP contribution in [0.15, 0.2) is 76.5 Å². The van der Waals surface area contributed by atoms with Crippen LogP contribution in [0.5, 0.6) is 0 Å². The Balaban J connectivity index is 1.60. The summed E-state index contributed by atoms with van der Waals surface area (Å²) >= 11 is 6.06. The molecule has 0 fully saturated rings. The van der Waals surface area contributed by atoms with Crippen molar-refractivity contribution < 1.29 is 18.0 Å². The molecule has 9 heteroatoms. The fourth-order valence-corrected chi connectivity index (χ4v) is 6.93. The van der Waals surface area contributed by atoms with Crippen LogP contribution in [0.4, 0.5) is 5.69 Å². The molecule has 0 bridgehead atoms. The van der Waals surface area contributed by atoms with Crippen molar-refractivity contribution >= 4 is 38.9 Å². The second-order valence-corrected chi connectivity index (χ2v) is 13.7. The highest BCUT2D eigenvalue weighted by Crippen LogP contribution is 2.38. The summed E-state index contributed by atoms with van der Waals surface area (Å²) in [7, 11) is -4.02. The molecule has 218 valence electrons. The average molecular weight is 596 g/mol. The van der Waals surface area contributed by atoms with Gasteiger partial charge < -0.3 is 15.1 Å². The van der Waals surface area contributed by atoms with Gasteiger partial charge in [0.05, 0.1) is 27.6 Å². The van der Waals surface area contributed by atoms with Crippen molar-refractivity contribution in [3.05, 3.63) is 88.4 Å². The smallest absolute Gasteiger partial charge is 0.259 e. The maximum atomic E-state index is 13.8. The number of sulfone groups is 1. The quantitative estimate of drug-likeness (QED) is 0.272. The molecule has 0 saturated heterocycles. The minimum Gasteiger partial charge on any atom is -0.352 e. The van der Waals surface area contributed by atoms with Crippen LogP contribution in [-0.2, 0) is 16.4 Å². The number of nitrogens with one attached hydrogen (secondary N) is 1. The van der Waals surface area contributed by atoms with Crippen molar-refractivity contribution in [3.63, 3.8) is 0 Å². The summed E-state index contributed by atoms with van der Waals surface area (Å²) in [6, 6.07) is 17.7. The van der Waals surface area contributed by atoms with Gasteiger partial charge in [-0.1, -0.05) is 63.6 Å². The Hall–Kier alpha value is -3.20. The zero-order valence-corrected chi connectivity index (χ0v) is 25.6. The van der Waals surface area contributed by atoms with Gasteiger partial charge in [-0.15, -0.1) is 0 Å². The number of hydrogen-bond donors (Lipinski definition) is 1. The molecule has 1 aliphatic rings. The number of carbonyl (C=O) groups is 2. The highest BCUT2D eigenvalue weighted by Gasteiger charge is 2.36. The largest absolute Gasteiger partial charge is 0.352 e. The summed E-state index contributed by atoms with van der Waals surface area (Å²) < 4.78 is 27.4. The third kappa shape index (κ3) is 7.36. The Bertz CT molecular complexity index is 1490. The average Bonchev–Trinajstić information content (AvgIpc) is 2.99. The van der Waals surface area contributed by atoms with E-state index in [1.54, 1.807) is 36.4 Å². The van der Waals surface area contributed by atoms with Crippen molar-refractivity contribution in [2.75, 3.05) is 31.1 Å². The first-order valence-electron chi connectivity index (χ1n) is 14.0. The number of benzene rings is 3. The van der Waals surface area contributed by atoms with Crippen LogP contribution >= 0.6 is 11.6 Å². The molecular weight excluding hydrogens is 558 g/mol. The van der Waals surface area contributed by atoms with Gasteiger partial charge >= 0.3 is 0 Å². The summed E-state index contributed by atoms with van der Waals surface area (Å²) in [4.78, 5) is 30.8. The third-order valence-electron chi connectivity index (χ3n) is 6.89. The molecule has 7 nitrogen and oxygen atoms in total. The molecule has 0 spiro atoms. The monoisotopic (exact) mass is 595 g/mol. The van der Waals surface area contributed by atoms with Gasteiger partial charge in [0.2, 0.25) is 9.84 Å². The van der Waals surface area contributed by atoms with E-state index in [2.05, 4.69) is 37.9 Å². The first kappa shape index (κ1) is 30.8. The van der Waals surface area contributed by atoms with Crippen LogP contribution in [0.25, 0.3) is 0 Å². The Labute approximate surface area is 248 Å². The molecule has 3 aromatic carbocycles. The Morgan fingerprint density at radius 2 is 1.59 bits per heavy atom. The van der Waals surface area contributed by atoms with Crippen molar-refractivity contribution in [2.45, 2.75) is 50.5 Å². The minimum atomic E-state index is -4.02. The van der Waals surface area contributed by atoms with E-state index in [9.17, 15) is 18.0 Å². The van der Waals surface area contributed by atoms with Gasteiger partial charge in [-0.2, -0.15) is 0 Å². The number of anilines is 1. The lowest BCUT2D eigenvalue weighted by Gasteiger charge is -2.26. The Morgan fingerprint density at radius 3 is 2.24 bits per heavy atom. The van der Waals surface area contributed by atoms with Gasteiger partial charge in [0.1, 0.15) is 0 Å². The van der Waals surface area contributed by atoms with Crippen molar-refractivity contribution in [1.82, 2.24) is 10.2 Å². The first-order valence-corrected chi connectivity index (χ1v) is 15.9. The minimum absolute atomic E-state index is 0.0145. The van der Waals surface area contributed by atoms with Crippen molar-refractivity contribution in [3.8, 4) is 0 Å². The summed E-state index contributed by atoms with van der Waals surface area (Å²) in [5.41, 5.74) is 1.33. The van der Waals surface area contributed by atoms with Gasteiger partial charge in [0.15, 0.2) is 0 Å². The van der Waals surface area contributed by atoms with Crippen LogP contribution in [-0.4, -0.2) is 51.3 Å². The molecule has 1 aliphatic heterocycles. The topological polar surface area (TPSA) is 86.8 Å². The number of carbonyl (C=O) groups excluding carboxylic acids is 2. The summed E-state index contributed by atoms with van der Waals surface area (Å²) in [6.07, 6.45) is 0.793. The lowest BCUT2D eigenvalue weighted by molar-refractivity contribution is 0.0947. The van der Waals surface area contributed by atoms with Crippen LogP contribution in [0.2, 0.25) is 5.02 Å². The van der Waals surface area contributed by atoms with Crippen LogP contribution < -0.4 is 10.2 Å². The van der Waals surface area contributed by atoms with Gasteiger partial charge in [0, 0.05) is 30.2 Å². The third-order valence-corrected chi connectivity index (χ3v) is 9.00. The molecule has 0 aliphatic carbocycles. The molecule has 0 radical (unpaired) electrons. The normalized spacial score (nSPS) is 14.2. The van der Waals surface area contributed by atoms with Gasteiger partial charge in [-0.25, -0.2) is 8.42 Å². The molecule has 1 N–H and O–H groups in total. The predicted molar refractivity (Wildman–Crippen MR) is 163 cm³/mol. The zero-order chi connectivity index (χ0) is 29.7. The number of fused-ring (bicyclic) bond motifs is 2. The van der Waals surface area contributed by atoms with Gasteiger partial charge in [-0.05, 0) is 72.8 Å². The molecule has 0 unspecified atom stereocenters. The number of hydrogen-bond acceptors (Lipinski definition) is 5. The van der Waals surface area contributed by atoms with Crippen LogP contribution in [0, 0.1) is 11.8 Å². The standard InChI is InChI=1S/C32H38ClN3O4S/c1-22(2)19-35(20-23(3)4)17-7-16-34-31(37)25-12-15-30-28(18-25)36(21-24-10-13-26(33)14-11-24)32(38)27-8-5-6-9-29(27)41(30,39)40/h5-6,8-15,18,22-23H,7,16-17,19-21H2,1-4H3,(H,34,37). The number of halogens is 1. The fourth-order valence-electron chi connectivity index (χ4n) is 5.17. The molecule has 0 saturated carbocycles. The van der Waals surface area contributed by atoms with Crippen LogP contribution in [0.1, 0.15) is 60.4 Å². The number of nitrogens with zero attached hydrogens (tertiary/aromatic N) is 2. The maximum absolute atomic E-state index is 13.8. The zero-order valence-electron chi connectivity index (χ0n) is 24.1.